The van der Waals surface area contributed by atoms with Crippen molar-refractivity contribution in [2.45, 2.75) is 44.7 Å². The number of nitrogens with zero attached hydrogens (tertiary/aromatic N) is 2. The molecule has 0 aliphatic carbocycles. The first-order chi connectivity index (χ1) is 9.88. The monoisotopic (exact) mass is 313 g/mol. The van der Waals surface area contributed by atoms with Crippen LogP contribution in [0.3, 0.4) is 0 Å². The van der Waals surface area contributed by atoms with Crippen LogP contribution >= 0.6 is 0 Å². The summed E-state index contributed by atoms with van der Waals surface area (Å²) in [5, 5.41) is 3.08. The third kappa shape index (κ3) is 4.18. The second-order valence-corrected chi connectivity index (χ2v) is 7.29. The molecule has 0 amide bonds. The maximum absolute atomic E-state index is 12.7. The second kappa shape index (κ2) is 7.77. The predicted molar refractivity (Wildman–Crippen MR) is 86.8 cm³/mol. The van der Waals surface area contributed by atoms with Crippen molar-refractivity contribution in [3.8, 4) is 0 Å². The van der Waals surface area contributed by atoms with Crippen molar-refractivity contribution in [2.75, 3.05) is 20.1 Å². The summed E-state index contributed by atoms with van der Waals surface area (Å²) < 4.78 is 29.0. The van der Waals surface area contributed by atoms with E-state index in [1.165, 1.54) is 4.31 Å². The summed E-state index contributed by atoms with van der Waals surface area (Å²) in [4.78, 5) is 0.358. The van der Waals surface area contributed by atoms with Crippen LogP contribution in [0.25, 0.3) is 0 Å². The zero-order valence-electron chi connectivity index (χ0n) is 13.5. The Kier molecular flexibility index (Phi) is 6.64. The van der Waals surface area contributed by atoms with Gasteiger partial charge in [-0.25, -0.2) is 8.42 Å². The van der Waals surface area contributed by atoms with E-state index in [0.29, 0.717) is 24.5 Å². The van der Waals surface area contributed by atoms with Gasteiger partial charge in [-0.15, -0.1) is 6.58 Å². The summed E-state index contributed by atoms with van der Waals surface area (Å²) >= 11 is 0. The smallest absolute Gasteiger partial charge is 0.244 e. The molecule has 0 aliphatic rings. The van der Waals surface area contributed by atoms with Gasteiger partial charge in [-0.3, -0.25) is 0 Å². The highest BCUT2D eigenvalue weighted by Gasteiger charge is 2.25. The van der Waals surface area contributed by atoms with Crippen LogP contribution < -0.4 is 5.32 Å². The Bertz CT molecular complexity index is 561. The highest BCUT2D eigenvalue weighted by atomic mass is 32.2. The lowest BCUT2D eigenvalue weighted by molar-refractivity contribution is 0.441. The van der Waals surface area contributed by atoms with Gasteiger partial charge in [-0.2, -0.15) is 4.31 Å². The minimum Gasteiger partial charge on any atom is -0.346 e. The quantitative estimate of drug-likeness (QED) is 0.712. The van der Waals surface area contributed by atoms with Crippen LogP contribution in [0.5, 0.6) is 0 Å². The number of hydrogen-bond acceptors (Lipinski definition) is 3. The Hall–Kier alpha value is -1.11. The molecule has 21 heavy (non-hydrogen) atoms. The summed E-state index contributed by atoms with van der Waals surface area (Å²) in [6, 6.07) is 1.98. The highest BCUT2D eigenvalue weighted by Crippen LogP contribution is 2.22. The zero-order chi connectivity index (χ0) is 16.0. The van der Waals surface area contributed by atoms with E-state index in [1.807, 2.05) is 32.4 Å². The van der Waals surface area contributed by atoms with Crippen molar-refractivity contribution in [1.82, 2.24) is 14.2 Å². The molecule has 5 nitrogen and oxygen atoms in total. The summed E-state index contributed by atoms with van der Waals surface area (Å²) in [6.07, 6.45) is 4.14. The standard InChI is InChI=1S/C15H27N3O2S/c1-6-8-17(9-7-2)21(19,20)15-10-14(11-16-5)18(12-15)13(3)4/h6,10,12-13,16H,1,7-9,11H2,2-5H3. The normalized spacial score (nSPS) is 12.3. The molecule has 0 fully saturated rings. The molecule has 1 rings (SSSR count). The largest absolute Gasteiger partial charge is 0.346 e. The lowest BCUT2D eigenvalue weighted by atomic mass is 10.3. The Morgan fingerprint density at radius 2 is 2.14 bits per heavy atom. The van der Waals surface area contributed by atoms with Gasteiger partial charge in [0.2, 0.25) is 10.0 Å². The first kappa shape index (κ1) is 17.9. The van der Waals surface area contributed by atoms with Crippen molar-refractivity contribution in [1.29, 1.82) is 0 Å². The Morgan fingerprint density at radius 1 is 1.48 bits per heavy atom. The number of nitrogens with one attached hydrogen (secondary N) is 1. The van der Waals surface area contributed by atoms with Gasteiger partial charge in [-0.1, -0.05) is 13.0 Å². The molecule has 0 aliphatic heterocycles. The molecule has 1 aromatic rings. The first-order valence-corrected chi connectivity index (χ1v) is 8.78. The highest BCUT2D eigenvalue weighted by molar-refractivity contribution is 7.89. The maximum atomic E-state index is 12.7. The Balaban J connectivity index is 3.23. The van der Waals surface area contributed by atoms with Gasteiger partial charge in [0, 0.05) is 37.6 Å². The van der Waals surface area contributed by atoms with Gasteiger partial charge in [0.05, 0.1) is 0 Å². The summed E-state index contributed by atoms with van der Waals surface area (Å²) in [5.74, 6) is 0. The Morgan fingerprint density at radius 3 is 2.62 bits per heavy atom. The van der Waals surface area contributed by atoms with E-state index in [4.69, 9.17) is 0 Å². The molecule has 0 spiro atoms. The third-order valence-corrected chi connectivity index (χ3v) is 5.10. The molecule has 0 aromatic carbocycles. The number of aromatic nitrogens is 1. The van der Waals surface area contributed by atoms with E-state index in [-0.39, 0.29) is 6.04 Å². The summed E-state index contributed by atoms with van der Waals surface area (Å²) in [5.41, 5.74) is 0.973. The van der Waals surface area contributed by atoms with Gasteiger partial charge in [0.15, 0.2) is 0 Å². The topological polar surface area (TPSA) is 54.3 Å². The van der Waals surface area contributed by atoms with Crippen LogP contribution in [0.2, 0.25) is 0 Å². The molecular weight excluding hydrogens is 286 g/mol. The fourth-order valence-corrected chi connectivity index (χ4v) is 3.85. The zero-order valence-corrected chi connectivity index (χ0v) is 14.3. The summed E-state index contributed by atoms with van der Waals surface area (Å²) in [7, 11) is -1.61. The first-order valence-electron chi connectivity index (χ1n) is 7.34. The average Bonchev–Trinajstić information content (AvgIpc) is 2.84. The van der Waals surface area contributed by atoms with Gasteiger partial charge >= 0.3 is 0 Å². The van der Waals surface area contributed by atoms with E-state index in [0.717, 1.165) is 12.1 Å². The van der Waals surface area contributed by atoms with Crippen LogP contribution in [-0.4, -0.2) is 37.4 Å². The molecule has 120 valence electrons. The van der Waals surface area contributed by atoms with Crippen molar-refractivity contribution >= 4 is 10.0 Å². The molecular formula is C15H27N3O2S. The molecule has 0 unspecified atom stereocenters. The van der Waals surface area contributed by atoms with Crippen LogP contribution in [0.4, 0.5) is 0 Å². The van der Waals surface area contributed by atoms with Crippen LogP contribution in [0.1, 0.15) is 38.9 Å². The van der Waals surface area contributed by atoms with E-state index in [9.17, 15) is 8.42 Å². The van der Waals surface area contributed by atoms with Gasteiger partial charge < -0.3 is 9.88 Å². The van der Waals surface area contributed by atoms with E-state index >= 15 is 0 Å². The van der Waals surface area contributed by atoms with Gasteiger partial charge in [0.1, 0.15) is 4.90 Å². The van der Waals surface area contributed by atoms with Crippen LogP contribution in [0.15, 0.2) is 29.8 Å². The molecule has 1 aromatic heterocycles. The molecule has 0 bridgehead atoms. The van der Waals surface area contributed by atoms with E-state index < -0.39 is 10.0 Å². The maximum Gasteiger partial charge on any atom is 0.244 e. The van der Waals surface area contributed by atoms with Gasteiger partial charge in [-0.05, 0) is 33.4 Å². The molecule has 1 N–H and O–H groups in total. The molecule has 0 radical (unpaired) electrons. The summed E-state index contributed by atoms with van der Waals surface area (Å²) in [6.45, 7) is 11.2. The fraction of sp³-hybridized carbons (Fsp3) is 0.600. The molecule has 0 atom stereocenters. The van der Waals surface area contributed by atoms with Crippen LogP contribution in [-0.2, 0) is 16.6 Å². The van der Waals surface area contributed by atoms with Crippen molar-refractivity contribution in [2.24, 2.45) is 0 Å². The number of sulfonamides is 1. The number of hydrogen-bond donors (Lipinski definition) is 1. The average molecular weight is 313 g/mol. The molecule has 6 heteroatoms. The number of rotatable bonds is 9. The molecule has 0 saturated carbocycles. The lowest BCUT2D eigenvalue weighted by Crippen LogP contribution is -2.31. The minimum atomic E-state index is -3.47. The third-order valence-electron chi connectivity index (χ3n) is 3.26. The van der Waals surface area contributed by atoms with Crippen LogP contribution in [0, 0.1) is 0 Å². The van der Waals surface area contributed by atoms with Crippen molar-refractivity contribution in [3.63, 3.8) is 0 Å². The Labute approximate surface area is 128 Å². The fourth-order valence-electron chi connectivity index (χ4n) is 2.29. The molecule has 1 heterocycles. The second-order valence-electron chi connectivity index (χ2n) is 5.35. The molecule has 0 saturated heterocycles. The lowest BCUT2D eigenvalue weighted by Gasteiger charge is -2.19. The van der Waals surface area contributed by atoms with Crippen molar-refractivity contribution < 1.29 is 8.42 Å². The minimum absolute atomic E-state index is 0.219. The van der Waals surface area contributed by atoms with Crippen molar-refractivity contribution in [3.05, 3.63) is 30.6 Å². The van der Waals surface area contributed by atoms with E-state index in [2.05, 4.69) is 11.9 Å². The van der Waals surface area contributed by atoms with Gasteiger partial charge in [0.25, 0.3) is 0 Å². The van der Waals surface area contributed by atoms with E-state index in [1.54, 1.807) is 18.3 Å². The predicted octanol–water partition coefficient (Wildman–Crippen LogP) is 2.38. The SMILES string of the molecule is C=CCN(CCC)S(=O)(=O)c1cc(CNC)n(C(C)C)c1.